The first-order chi connectivity index (χ1) is 13.4. The average molecular weight is 364 g/mol. The van der Waals surface area contributed by atoms with Gasteiger partial charge in [0.15, 0.2) is 0 Å². The van der Waals surface area contributed by atoms with Crippen LogP contribution in [0.1, 0.15) is 0 Å². The zero-order chi connectivity index (χ0) is 18.1. The molecule has 128 valence electrons. The molecule has 0 unspecified atom stereocenters. The first kappa shape index (κ1) is 15.9. The summed E-state index contributed by atoms with van der Waals surface area (Å²) in [4.78, 5) is 10.7. The lowest BCUT2D eigenvalue weighted by Gasteiger charge is -2.07. The van der Waals surface area contributed by atoms with Gasteiger partial charge in [-0.25, -0.2) is 4.98 Å². The monoisotopic (exact) mass is 364 g/mol. The van der Waals surface area contributed by atoms with E-state index >= 15 is 0 Å². The maximum Gasteiger partial charge on any atom is 0.143 e. The lowest BCUT2D eigenvalue weighted by Crippen LogP contribution is -1.85. The number of nitrogens with zero attached hydrogens (tertiary/aromatic N) is 2. The Morgan fingerprint density at radius 3 is 2.30 bits per heavy atom. The fourth-order valence-corrected chi connectivity index (χ4v) is 4.38. The van der Waals surface area contributed by atoms with Crippen LogP contribution in [0.5, 0.6) is 0 Å². The molecule has 5 aromatic rings. The number of benzene rings is 3. The van der Waals surface area contributed by atoms with Crippen molar-refractivity contribution < 1.29 is 0 Å². The van der Waals surface area contributed by atoms with E-state index in [1.807, 2.05) is 30.5 Å². The zero-order valence-electron chi connectivity index (χ0n) is 14.5. The minimum atomic E-state index is 0.908. The van der Waals surface area contributed by atoms with Crippen molar-refractivity contribution in [2.75, 3.05) is 0 Å². The van der Waals surface area contributed by atoms with Gasteiger partial charge in [0.25, 0.3) is 0 Å². The summed E-state index contributed by atoms with van der Waals surface area (Å²) >= 11 is 1.70. The van der Waals surface area contributed by atoms with Crippen molar-refractivity contribution in [2.45, 2.75) is 0 Å². The molecule has 2 nitrogen and oxygen atoms in total. The van der Waals surface area contributed by atoms with E-state index in [2.05, 4.69) is 71.7 Å². The number of thiazole rings is 1. The van der Waals surface area contributed by atoms with E-state index in [4.69, 9.17) is 4.98 Å². The SMILES string of the molecule is c1ccc(-c2sc(-c3ccccn3)nc2-c2cccc3ccccc23)cc1. The molecule has 2 aromatic heterocycles. The Hall–Kier alpha value is -3.30. The largest absolute Gasteiger partial charge is 0.254 e. The van der Waals surface area contributed by atoms with Gasteiger partial charge in [0.1, 0.15) is 5.01 Å². The Morgan fingerprint density at radius 1 is 0.667 bits per heavy atom. The summed E-state index contributed by atoms with van der Waals surface area (Å²) in [5.41, 5.74) is 4.26. The van der Waals surface area contributed by atoms with Crippen molar-refractivity contribution in [1.29, 1.82) is 0 Å². The van der Waals surface area contributed by atoms with Crippen LogP contribution >= 0.6 is 11.3 Å². The Morgan fingerprint density at radius 2 is 1.44 bits per heavy atom. The van der Waals surface area contributed by atoms with Crippen molar-refractivity contribution in [2.24, 2.45) is 0 Å². The molecule has 2 heterocycles. The van der Waals surface area contributed by atoms with E-state index in [1.165, 1.54) is 21.2 Å². The number of rotatable bonds is 3. The van der Waals surface area contributed by atoms with E-state index in [0.717, 1.165) is 22.0 Å². The standard InChI is InChI=1S/C24H16N2S/c1-2-10-18(11-3-1)23-22(26-24(27-23)21-15-6-7-16-25-21)20-14-8-12-17-9-4-5-13-19(17)20/h1-16H. The fraction of sp³-hybridized carbons (Fsp3) is 0. The quantitative estimate of drug-likeness (QED) is 0.356. The fourth-order valence-electron chi connectivity index (χ4n) is 3.32. The number of hydrogen-bond donors (Lipinski definition) is 0. The third-order valence-corrected chi connectivity index (χ3v) is 5.72. The first-order valence-electron chi connectivity index (χ1n) is 8.86. The van der Waals surface area contributed by atoms with E-state index in [-0.39, 0.29) is 0 Å². The van der Waals surface area contributed by atoms with Crippen molar-refractivity contribution in [1.82, 2.24) is 9.97 Å². The summed E-state index contributed by atoms with van der Waals surface area (Å²) < 4.78 is 0. The van der Waals surface area contributed by atoms with Crippen molar-refractivity contribution in [3.05, 3.63) is 97.2 Å². The van der Waals surface area contributed by atoms with Gasteiger partial charge in [0, 0.05) is 11.8 Å². The summed E-state index contributed by atoms with van der Waals surface area (Å²) in [7, 11) is 0. The number of fused-ring (bicyclic) bond motifs is 1. The molecule has 0 aliphatic carbocycles. The maximum atomic E-state index is 5.03. The van der Waals surface area contributed by atoms with Crippen LogP contribution in [0.15, 0.2) is 97.2 Å². The van der Waals surface area contributed by atoms with E-state index in [1.54, 1.807) is 11.3 Å². The second-order valence-corrected chi connectivity index (χ2v) is 7.30. The van der Waals surface area contributed by atoms with Crippen molar-refractivity contribution in [3.8, 4) is 32.4 Å². The molecule has 0 saturated carbocycles. The normalized spacial score (nSPS) is 11.0. The van der Waals surface area contributed by atoms with Crippen LogP contribution in [0.2, 0.25) is 0 Å². The van der Waals surface area contributed by atoms with Gasteiger partial charge in [-0.3, -0.25) is 4.98 Å². The molecule has 0 bridgehead atoms. The van der Waals surface area contributed by atoms with E-state index < -0.39 is 0 Å². The smallest absolute Gasteiger partial charge is 0.143 e. The molecule has 0 saturated heterocycles. The van der Waals surface area contributed by atoms with Crippen LogP contribution < -0.4 is 0 Å². The number of hydrogen-bond acceptors (Lipinski definition) is 3. The molecular weight excluding hydrogens is 348 g/mol. The molecule has 0 aliphatic rings. The predicted molar refractivity (Wildman–Crippen MR) is 114 cm³/mol. The second kappa shape index (κ2) is 6.78. The lowest BCUT2D eigenvalue weighted by atomic mass is 10.00. The summed E-state index contributed by atoms with van der Waals surface area (Å²) in [5, 5.41) is 3.38. The van der Waals surface area contributed by atoms with E-state index in [9.17, 15) is 0 Å². The Kier molecular flexibility index (Phi) is 4.00. The van der Waals surface area contributed by atoms with Gasteiger partial charge in [-0.15, -0.1) is 11.3 Å². The molecular formula is C24H16N2S. The molecule has 0 fully saturated rings. The lowest BCUT2D eigenvalue weighted by molar-refractivity contribution is 1.29. The summed E-state index contributed by atoms with van der Waals surface area (Å²) in [6, 6.07) is 31.3. The van der Waals surface area contributed by atoms with Crippen LogP contribution in [-0.4, -0.2) is 9.97 Å². The summed E-state index contributed by atoms with van der Waals surface area (Å²) in [5.74, 6) is 0. The molecule has 3 heteroatoms. The van der Waals surface area contributed by atoms with Gasteiger partial charge in [0.2, 0.25) is 0 Å². The van der Waals surface area contributed by atoms with Gasteiger partial charge < -0.3 is 0 Å². The maximum absolute atomic E-state index is 5.03. The van der Waals surface area contributed by atoms with E-state index in [0.29, 0.717) is 0 Å². The topological polar surface area (TPSA) is 25.8 Å². The van der Waals surface area contributed by atoms with Crippen LogP contribution in [0, 0.1) is 0 Å². The Bertz CT molecular complexity index is 1210. The molecule has 27 heavy (non-hydrogen) atoms. The highest BCUT2D eigenvalue weighted by Crippen LogP contribution is 2.42. The number of aromatic nitrogens is 2. The first-order valence-corrected chi connectivity index (χ1v) is 9.67. The zero-order valence-corrected chi connectivity index (χ0v) is 15.4. The molecule has 3 aromatic carbocycles. The van der Waals surface area contributed by atoms with Gasteiger partial charge in [0.05, 0.1) is 16.3 Å². The summed E-state index contributed by atoms with van der Waals surface area (Å²) in [6.45, 7) is 0. The van der Waals surface area contributed by atoms with Gasteiger partial charge in [-0.2, -0.15) is 0 Å². The third kappa shape index (κ3) is 2.92. The highest BCUT2D eigenvalue weighted by atomic mass is 32.1. The second-order valence-electron chi connectivity index (χ2n) is 6.30. The predicted octanol–water partition coefficient (Wildman–Crippen LogP) is 6.69. The number of pyridine rings is 1. The summed E-state index contributed by atoms with van der Waals surface area (Å²) in [6.07, 6.45) is 1.82. The van der Waals surface area contributed by atoms with Crippen LogP contribution in [-0.2, 0) is 0 Å². The molecule has 0 radical (unpaired) electrons. The molecule has 0 aliphatic heterocycles. The average Bonchev–Trinajstić information content (AvgIpc) is 3.20. The van der Waals surface area contributed by atoms with Gasteiger partial charge in [-0.05, 0) is 28.5 Å². The molecule has 0 N–H and O–H groups in total. The minimum Gasteiger partial charge on any atom is -0.254 e. The van der Waals surface area contributed by atoms with Crippen LogP contribution in [0.3, 0.4) is 0 Å². The Labute approximate surface area is 161 Å². The van der Waals surface area contributed by atoms with Gasteiger partial charge >= 0.3 is 0 Å². The van der Waals surface area contributed by atoms with Crippen LogP contribution in [0.4, 0.5) is 0 Å². The van der Waals surface area contributed by atoms with Crippen molar-refractivity contribution in [3.63, 3.8) is 0 Å². The minimum absolute atomic E-state index is 0.908. The Balaban J connectivity index is 1.79. The van der Waals surface area contributed by atoms with Gasteiger partial charge in [-0.1, -0.05) is 78.9 Å². The highest BCUT2D eigenvalue weighted by molar-refractivity contribution is 7.18. The van der Waals surface area contributed by atoms with Crippen molar-refractivity contribution >= 4 is 22.1 Å². The highest BCUT2D eigenvalue weighted by Gasteiger charge is 2.18. The molecule has 5 rings (SSSR count). The van der Waals surface area contributed by atoms with Crippen LogP contribution in [0.25, 0.3) is 43.2 Å². The third-order valence-electron chi connectivity index (χ3n) is 4.59. The molecule has 0 atom stereocenters. The molecule has 0 spiro atoms. The molecule has 0 amide bonds.